The molecule has 2 aromatic rings. The van der Waals surface area contributed by atoms with Gasteiger partial charge in [0.2, 0.25) is 0 Å². The number of Topliss-reactive ketones (excluding diaryl/α,β-unsaturated/α-hetero) is 1. The number of hydrogen-bond donors (Lipinski definition) is 2. The number of ether oxygens (including phenoxy) is 1. The van der Waals surface area contributed by atoms with Crippen molar-refractivity contribution in [2.24, 2.45) is 0 Å². The summed E-state index contributed by atoms with van der Waals surface area (Å²) in [5.74, 6) is -0.763. The monoisotopic (exact) mass is 370 g/mol. The molecule has 27 heavy (non-hydrogen) atoms. The predicted molar refractivity (Wildman–Crippen MR) is 106 cm³/mol. The Kier molecular flexibility index (Phi) is 6.24. The number of carbonyl (C=O) groups excluding carboxylic acids is 1. The van der Waals surface area contributed by atoms with Crippen LogP contribution in [0.2, 0.25) is 0 Å². The third-order valence-electron chi connectivity index (χ3n) is 5.26. The average molecular weight is 370 g/mol. The Morgan fingerprint density at radius 1 is 1.15 bits per heavy atom. The molecule has 0 bridgehead atoms. The molecule has 0 saturated carbocycles. The molecule has 5 heteroatoms. The van der Waals surface area contributed by atoms with Crippen LogP contribution >= 0.6 is 0 Å². The molecule has 0 radical (unpaired) electrons. The number of halogens is 1. The van der Waals surface area contributed by atoms with Gasteiger partial charge in [-0.3, -0.25) is 4.79 Å². The number of benzene rings is 2. The highest BCUT2D eigenvalue weighted by Crippen LogP contribution is 2.27. The summed E-state index contributed by atoms with van der Waals surface area (Å²) in [4.78, 5) is 11.9. The number of carbonyl (C=O) groups is 1. The van der Waals surface area contributed by atoms with Crippen molar-refractivity contribution < 1.29 is 13.9 Å². The summed E-state index contributed by atoms with van der Waals surface area (Å²) in [5.41, 5.74) is 1.70. The number of hydrogen-bond acceptors (Lipinski definition) is 4. The van der Waals surface area contributed by atoms with Gasteiger partial charge in [0.25, 0.3) is 0 Å². The molecular formula is C22H27FN2O2. The first-order valence-electron chi connectivity index (χ1n) is 9.44. The predicted octanol–water partition coefficient (Wildman–Crippen LogP) is 4.34. The summed E-state index contributed by atoms with van der Waals surface area (Å²) in [6.07, 6.45) is 1.70. The minimum atomic E-state index is -0.487. The Morgan fingerprint density at radius 3 is 2.52 bits per heavy atom. The van der Waals surface area contributed by atoms with Gasteiger partial charge in [0.15, 0.2) is 5.78 Å². The first kappa shape index (κ1) is 19.5. The summed E-state index contributed by atoms with van der Waals surface area (Å²) in [6.45, 7) is 5.49. The lowest BCUT2D eigenvalue weighted by atomic mass is 9.88. The minimum absolute atomic E-state index is 0.121. The Balaban J connectivity index is 1.78. The Hall–Kier alpha value is -2.24. The molecule has 3 rings (SSSR count). The largest absolute Gasteiger partial charge is 0.383 e. The maximum absolute atomic E-state index is 14.1. The Bertz CT molecular complexity index is 773. The molecule has 1 unspecified atom stereocenters. The molecule has 4 nitrogen and oxygen atoms in total. The molecule has 144 valence electrons. The second kappa shape index (κ2) is 8.63. The third kappa shape index (κ3) is 4.73. The van der Waals surface area contributed by atoms with Gasteiger partial charge < -0.3 is 15.4 Å². The third-order valence-corrected chi connectivity index (χ3v) is 5.26. The van der Waals surface area contributed by atoms with Gasteiger partial charge in [0, 0.05) is 37.0 Å². The summed E-state index contributed by atoms with van der Waals surface area (Å²) in [6, 6.07) is 15.2. The van der Waals surface area contributed by atoms with Crippen LogP contribution in [-0.4, -0.2) is 31.1 Å². The minimum Gasteiger partial charge on any atom is -0.383 e. The van der Waals surface area contributed by atoms with Crippen LogP contribution in [0.4, 0.5) is 10.1 Å². The van der Waals surface area contributed by atoms with Crippen molar-refractivity contribution in [2.45, 2.75) is 38.3 Å². The maximum Gasteiger partial charge on any atom is 0.164 e. The highest BCUT2D eigenvalue weighted by molar-refractivity contribution is 5.99. The van der Waals surface area contributed by atoms with Gasteiger partial charge in [0.05, 0.1) is 5.56 Å². The van der Waals surface area contributed by atoms with E-state index in [-0.39, 0.29) is 22.9 Å². The van der Waals surface area contributed by atoms with Gasteiger partial charge in [-0.2, -0.15) is 0 Å². The van der Waals surface area contributed by atoms with E-state index in [1.54, 1.807) is 12.1 Å². The van der Waals surface area contributed by atoms with Crippen LogP contribution in [0.1, 0.15) is 48.7 Å². The lowest BCUT2D eigenvalue weighted by Crippen LogP contribution is -2.54. The number of nitrogens with one attached hydrogen (secondary N) is 2. The lowest BCUT2D eigenvalue weighted by molar-refractivity contribution is 0.0389. The molecule has 0 aromatic heterocycles. The average Bonchev–Trinajstić information content (AvgIpc) is 2.67. The van der Waals surface area contributed by atoms with E-state index in [0.717, 1.165) is 12.8 Å². The molecular weight excluding hydrogens is 343 g/mol. The van der Waals surface area contributed by atoms with Crippen molar-refractivity contribution in [2.75, 3.05) is 25.1 Å². The molecule has 1 aliphatic heterocycles. The molecule has 1 heterocycles. The van der Waals surface area contributed by atoms with Crippen molar-refractivity contribution in [3.8, 4) is 0 Å². The summed E-state index contributed by atoms with van der Waals surface area (Å²) in [7, 11) is 0. The van der Waals surface area contributed by atoms with Crippen molar-refractivity contribution in [1.29, 1.82) is 0 Å². The fourth-order valence-corrected chi connectivity index (χ4v) is 3.71. The van der Waals surface area contributed by atoms with E-state index >= 15 is 0 Å². The second-order valence-electron chi connectivity index (χ2n) is 7.24. The van der Waals surface area contributed by atoms with E-state index in [9.17, 15) is 9.18 Å². The molecule has 0 aliphatic carbocycles. The fraction of sp³-hybridized carbons (Fsp3) is 0.409. The van der Waals surface area contributed by atoms with Crippen LogP contribution in [0.25, 0.3) is 0 Å². The molecule has 1 fully saturated rings. The highest BCUT2D eigenvalue weighted by Gasteiger charge is 2.34. The van der Waals surface area contributed by atoms with Crippen LogP contribution in [0.3, 0.4) is 0 Å². The van der Waals surface area contributed by atoms with Gasteiger partial charge in [-0.25, -0.2) is 4.39 Å². The smallest absolute Gasteiger partial charge is 0.164 e. The first-order valence-corrected chi connectivity index (χ1v) is 9.44. The quantitative estimate of drug-likeness (QED) is 0.712. The summed E-state index contributed by atoms with van der Waals surface area (Å²) in [5, 5.41) is 7.08. The Morgan fingerprint density at radius 2 is 1.85 bits per heavy atom. The fourth-order valence-electron chi connectivity index (χ4n) is 3.71. The van der Waals surface area contributed by atoms with Crippen molar-refractivity contribution in [3.63, 3.8) is 0 Å². The SMILES string of the molecule is CC(=O)c1c(F)cccc1NCC1(NC(C)c2ccccc2)CCOCC1. The molecule has 2 N–H and O–H groups in total. The van der Waals surface area contributed by atoms with E-state index in [2.05, 4.69) is 29.7 Å². The van der Waals surface area contributed by atoms with E-state index < -0.39 is 5.82 Å². The molecule has 2 aromatic carbocycles. The number of anilines is 1. The molecule has 0 amide bonds. The molecule has 1 aliphatic rings. The van der Waals surface area contributed by atoms with Gasteiger partial charge in [-0.15, -0.1) is 0 Å². The summed E-state index contributed by atoms with van der Waals surface area (Å²) < 4.78 is 19.7. The van der Waals surface area contributed by atoms with E-state index in [1.165, 1.54) is 18.6 Å². The standard InChI is InChI=1S/C22H27FN2O2/c1-16(18-7-4-3-5-8-18)25-22(11-13-27-14-12-22)15-24-20-10-6-9-19(23)21(20)17(2)26/h3-10,16,24-25H,11-15H2,1-2H3. The Labute approximate surface area is 160 Å². The van der Waals surface area contributed by atoms with E-state index in [1.807, 2.05) is 18.2 Å². The van der Waals surface area contributed by atoms with E-state index in [0.29, 0.717) is 25.4 Å². The molecule has 1 saturated heterocycles. The normalized spacial score (nSPS) is 17.3. The topological polar surface area (TPSA) is 50.4 Å². The van der Waals surface area contributed by atoms with Gasteiger partial charge in [0.1, 0.15) is 5.82 Å². The molecule has 1 atom stereocenters. The highest BCUT2D eigenvalue weighted by atomic mass is 19.1. The zero-order valence-corrected chi connectivity index (χ0v) is 15.9. The van der Waals surface area contributed by atoms with Crippen molar-refractivity contribution >= 4 is 11.5 Å². The second-order valence-corrected chi connectivity index (χ2v) is 7.24. The lowest BCUT2D eigenvalue weighted by Gasteiger charge is -2.41. The van der Waals surface area contributed by atoms with Gasteiger partial charge in [-0.1, -0.05) is 36.4 Å². The maximum atomic E-state index is 14.1. The van der Waals surface area contributed by atoms with Gasteiger partial charge >= 0.3 is 0 Å². The van der Waals surface area contributed by atoms with Crippen LogP contribution in [0.5, 0.6) is 0 Å². The van der Waals surface area contributed by atoms with Crippen LogP contribution in [0.15, 0.2) is 48.5 Å². The summed E-state index contributed by atoms with van der Waals surface area (Å²) >= 11 is 0. The van der Waals surface area contributed by atoms with Crippen LogP contribution < -0.4 is 10.6 Å². The first-order chi connectivity index (χ1) is 13.0. The molecule has 0 spiro atoms. The number of rotatable bonds is 7. The van der Waals surface area contributed by atoms with Crippen LogP contribution in [0, 0.1) is 5.82 Å². The van der Waals surface area contributed by atoms with E-state index in [4.69, 9.17) is 4.74 Å². The van der Waals surface area contributed by atoms with Crippen molar-refractivity contribution in [3.05, 3.63) is 65.5 Å². The zero-order valence-electron chi connectivity index (χ0n) is 15.9. The van der Waals surface area contributed by atoms with Crippen molar-refractivity contribution in [1.82, 2.24) is 5.32 Å². The number of ketones is 1. The zero-order chi connectivity index (χ0) is 19.3. The van der Waals surface area contributed by atoms with Gasteiger partial charge in [-0.05, 0) is 44.4 Å². The van der Waals surface area contributed by atoms with Crippen LogP contribution in [-0.2, 0) is 4.74 Å².